The van der Waals surface area contributed by atoms with Crippen LogP contribution in [0, 0.1) is 12.3 Å². The first-order valence-corrected chi connectivity index (χ1v) is 4.36. The monoisotopic (exact) mass is 238 g/mol. The van der Waals surface area contributed by atoms with Gasteiger partial charge in [0.05, 0.1) is 6.54 Å². The van der Waals surface area contributed by atoms with Gasteiger partial charge >= 0.3 is 0 Å². The van der Waals surface area contributed by atoms with Crippen molar-refractivity contribution in [3.8, 4) is 12.3 Å². The lowest BCUT2D eigenvalue weighted by Crippen LogP contribution is -2.23. The molecular weight excluding hydrogens is 232 g/mol. The zero-order valence-corrected chi connectivity index (χ0v) is 8.34. The highest BCUT2D eigenvalue weighted by Crippen LogP contribution is 2.07. The van der Waals surface area contributed by atoms with Crippen molar-refractivity contribution in [1.29, 1.82) is 0 Å². The summed E-state index contributed by atoms with van der Waals surface area (Å²) in [6.07, 6.45) is 6.55. The molecule has 0 saturated carbocycles. The Balaban J connectivity index is 2.72. The average Bonchev–Trinajstić information content (AvgIpc) is 2.14. The van der Waals surface area contributed by atoms with E-state index in [1.807, 2.05) is 0 Å². The molecular formula is C9H7BrN2O. The molecule has 0 spiro atoms. The largest absolute Gasteiger partial charge is 0.341 e. The summed E-state index contributed by atoms with van der Waals surface area (Å²) in [7, 11) is 0. The first-order valence-electron chi connectivity index (χ1n) is 3.57. The molecule has 0 aromatic carbocycles. The fourth-order valence-corrected chi connectivity index (χ4v) is 1.14. The minimum absolute atomic E-state index is 0.193. The van der Waals surface area contributed by atoms with Crippen molar-refractivity contribution in [2.75, 3.05) is 6.54 Å². The van der Waals surface area contributed by atoms with Gasteiger partial charge in [-0.2, -0.15) is 0 Å². The predicted octanol–water partition coefficient (Wildman–Crippen LogP) is 1.21. The molecule has 0 atom stereocenters. The van der Waals surface area contributed by atoms with Crippen molar-refractivity contribution in [1.82, 2.24) is 10.3 Å². The second-order valence-electron chi connectivity index (χ2n) is 2.25. The maximum atomic E-state index is 11.3. The number of terminal acetylenes is 1. The van der Waals surface area contributed by atoms with Gasteiger partial charge in [-0.15, -0.1) is 6.42 Å². The lowest BCUT2D eigenvalue weighted by atomic mass is 10.2. The van der Waals surface area contributed by atoms with Crippen LogP contribution in [0.5, 0.6) is 0 Å². The van der Waals surface area contributed by atoms with E-state index < -0.39 is 0 Å². The summed E-state index contributed by atoms with van der Waals surface area (Å²) in [5.41, 5.74) is 0.539. The van der Waals surface area contributed by atoms with E-state index in [2.05, 4.69) is 32.2 Å². The minimum Gasteiger partial charge on any atom is -0.341 e. The van der Waals surface area contributed by atoms with Gasteiger partial charge in [-0.05, 0) is 28.1 Å². The summed E-state index contributed by atoms with van der Waals surface area (Å²) in [5, 5.41) is 2.55. The number of halogens is 1. The van der Waals surface area contributed by atoms with Gasteiger partial charge in [0.15, 0.2) is 0 Å². The first kappa shape index (κ1) is 9.75. The lowest BCUT2D eigenvalue weighted by molar-refractivity contribution is 0.0958. The maximum absolute atomic E-state index is 11.3. The van der Waals surface area contributed by atoms with Crippen molar-refractivity contribution in [3.05, 3.63) is 28.5 Å². The van der Waals surface area contributed by atoms with Crippen LogP contribution in [0.25, 0.3) is 0 Å². The Hall–Kier alpha value is -1.34. The number of aromatic nitrogens is 1. The van der Waals surface area contributed by atoms with Crippen molar-refractivity contribution in [2.24, 2.45) is 0 Å². The van der Waals surface area contributed by atoms with Crippen LogP contribution in [-0.2, 0) is 0 Å². The van der Waals surface area contributed by atoms with E-state index in [1.165, 1.54) is 0 Å². The molecule has 0 aliphatic heterocycles. The topological polar surface area (TPSA) is 42.0 Å². The van der Waals surface area contributed by atoms with E-state index in [-0.39, 0.29) is 12.5 Å². The second-order valence-corrected chi connectivity index (χ2v) is 3.07. The zero-order valence-electron chi connectivity index (χ0n) is 6.75. The summed E-state index contributed by atoms with van der Waals surface area (Å²) < 4.78 is 0.626. The molecule has 1 amide bonds. The summed E-state index contributed by atoms with van der Waals surface area (Å²) in [6, 6.07) is 3.25. The number of nitrogens with one attached hydrogen (secondary N) is 1. The van der Waals surface area contributed by atoms with Crippen molar-refractivity contribution < 1.29 is 4.79 Å². The predicted molar refractivity (Wildman–Crippen MR) is 53.1 cm³/mol. The molecule has 0 bridgehead atoms. The number of amides is 1. The van der Waals surface area contributed by atoms with Crippen LogP contribution < -0.4 is 5.32 Å². The fraction of sp³-hybridized carbons (Fsp3) is 0.111. The first-order chi connectivity index (χ1) is 6.24. The average molecular weight is 239 g/mol. The normalized spacial score (nSPS) is 8.92. The molecule has 13 heavy (non-hydrogen) atoms. The molecule has 1 N–H and O–H groups in total. The highest BCUT2D eigenvalue weighted by atomic mass is 79.9. The van der Waals surface area contributed by atoms with Crippen LogP contribution >= 0.6 is 15.9 Å². The number of nitrogens with zero attached hydrogens (tertiary/aromatic N) is 1. The van der Waals surface area contributed by atoms with E-state index in [1.54, 1.807) is 18.3 Å². The van der Waals surface area contributed by atoms with Crippen molar-refractivity contribution >= 4 is 21.8 Å². The van der Waals surface area contributed by atoms with Crippen LogP contribution in [0.1, 0.15) is 10.4 Å². The highest BCUT2D eigenvalue weighted by Gasteiger charge is 2.03. The molecule has 1 aromatic heterocycles. The van der Waals surface area contributed by atoms with Crippen LogP contribution in [0.2, 0.25) is 0 Å². The molecule has 0 saturated heterocycles. The molecule has 66 valence electrons. The van der Waals surface area contributed by atoms with E-state index in [0.717, 1.165) is 0 Å². The van der Waals surface area contributed by atoms with Gasteiger partial charge in [0.1, 0.15) is 4.60 Å². The van der Waals surface area contributed by atoms with Crippen LogP contribution in [0.4, 0.5) is 0 Å². The SMILES string of the molecule is C#CCNC(=O)c1ccnc(Br)c1. The number of pyridine rings is 1. The van der Waals surface area contributed by atoms with Crippen LogP contribution in [0.15, 0.2) is 22.9 Å². The molecule has 0 aliphatic carbocycles. The van der Waals surface area contributed by atoms with Crippen LogP contribution in [-0.4, -0.2) is 17.4 Å². The van der Waals surface area contributed by atoms with Gasteiger partial charge in [-0.3, -0.25) is 4.79 Å². The Morgan fingerprint density at radius 1 is 1.77 bits per heavy atom. The molecule has 1 aromatic rings. The molecule has 0 radical (unpaired) electrons. The molecule has 0 fully saturated rings. The Morgan fingerprint density at radius 2 is 2.54 bits per heavy atom. The van der Waals surface area contributed by atoms with E-state index >= 15 is 0 Å². The number of rotatable bonds is 2. The van der Waals surface area contributed by atoms with Gasteiger partial charge in [-0.25, -0.2) is 4.98 Å². The van der Waals surface area contributed by atoms with Gasteiger partial charge in [0.25, 0.3) is 5.91 Å². The number of carbonyl (C=O) groups excluding carboxylic acids is 1. The summed E-state index contributed by atoms with van der Waals surface area (Å²) in [4.78, 5) is 15.2. The molecule has 0 unspecified atom stereocenters. The molecule has 3 nitrogen and oxygen atoms in total. The smallest absolute Gasteiger partial charge is 0.252 e. The van der Waals surface area contributed by atoms with Crippen LogP contribution in [0.3, 0.4) is 0 Å². The summed E-state index contributed by atoms with van der Waals surface area (Å²) in [6.45, 7) is 0.235. The maximum Gasteiger partial charge on any atom is 0.252 e. The lowest BCUT2D eigenvalue weighted by Gasteiger charge is -2.00. The van der Waals surface area contributed by atoms with E-state index in [9.17, 15) is 4.79 Å². The third kappa shape index (κ3) is 2.88. The number of hydrogen-bond acceptors (Lipinski definition) is 2. The Kier molecular flexibility index (Phi) is 3.47. The molecule has 4 heteroatoms. The molecule has 1 heterocycles. The number of carbonyl (C=O) groups is 1. The summed E-state index contributed by atoms with van der Waals surface area (Å²) >= 11 is 3.17. The molecule has 1 rings (SSSR count). The third-order valence-corrected chi connectivity index (χ3v) is 1.77. The van der Waals surface area contributed by atoms with Gasteiger partial charge < -0.3 is 5.32 Å². The van der Waals surface area contributed by atoms with Gasteiger partial charge in [-0.1, -0.05) is 5.92 Å². The fourth-order valence-electron chi connectivity index (χ4n) is 0.777. The highest BCUT2D eigenvalue weighted by molar-refractivity contribution is 9.10. The van der Waals surface area contributed by atoms with Gasteiger partial charge in [0, 0.05) is 11.8 Å². The summed E-state index contributed by atoms with van der Waals surface area (Å²) in [5.74, 6) is 2.13. The Bertz CT molecular complexity index is 357. The second kappa shape index (κ2) is 4.63. The minimum atomic E-state index is -0.193. The van der Waals surface area contributed by atoms with Gasteiger partial charge in [0.2, 0.25) is 0 Å². The van der Waals surface area contributed by atoms with E-state index in [0.29, 0.717) is 10.2 Å². The Labute approximate surface area is 84.7 Å². The number of hydrogen-bond donors (Lipinski definition) is 1. The zero-order chi connectivity index (χ0) is 9.68. The Morgan fingerprint density at radius 3 is 3.15 bits per heavy atom. The quantitative estimate of drug-likeness (QED) is 0.622. The van der Waals surface area contributed by atoms with Crippen molar-refractivity contribution in [2.45, 2.75) is 0 Å². The molecule has 0 aliphatic rings. The standard InChI is InChI=1S/C9H7BrN2O/c1-2-4-12-9(13)7-3-5-11-8(10)6-7/h1,3,5-6H,4H2,(H,12,13). The van der Waals surface area contributed by atoms with Crippen molar-refractivity contribution in [3.63, 3.8) is 0 Å². The third-order valence-electron chi connectivity index (χ3n) is 1.34. The van der Waals surface area contributed by atoms with E-state index in [4.69, 9.17) is 6.42 Å².